The minimum Gasteiger partial charge on any atom is -0.496 e. The van der Waals surface area contributed by atoms with E-state index in [1.807, 2.05) is 18.2 Å². The molecule has 1 aromatic heterocycles. The molecule has 2 aliphatic heterocycles. The summed E-state index contributed by atoms with van der Waals surface area (Å²) in [4.78, 5) is 28.5. The summed E-state index contributed by atoms with van der Waals surface area (Å²) in [6, 6.07) is 5.06. The van der Waals surface area contributed by atoms with Gasteiger partial charge < -0.3 is 20.1 Å². The zero-order valence-electron chi connectivity index (χ0n) is 16.7. The van der Waals surface area contributed by atoms with E-state index in [-0.39, 0.29) is 5.91 Å². The molecule has 0 saturated carbocycles. The zero-order valence-corrected chi connectivity index (χ0v) is 17.5. The van der Waals surface area contributed by atoms with Gasteiger partial charge in [-0.3, -0.25) is 10.1 Å². The highest BCUT2D eigenvalue weighted by Gasteiger charge is 2.23. The Morgan fingerprint density at radius 1 is 1.40 bits per heavy atom. The van der Waals surface area contributed by atoms with Crippen LogP contribution >= 0.6 is 11.3 Å². The van der Waals surface area contributed by atoms with Crippen molar-refractivity contribution in [3.8, 4) is 16.3 Å². The van der Waals surface area contributed by atoms with Gasteiger partial charge in [-0.05, 0) is 30.9 Å². The molecule has 3 heterocycles. The van der Waals surface area contributed by atoms with E-state index < -0.39 is 12.1 Å². The molecular weight excluding hydrogens is 404 g/mol. The fraction of sp³-hybridized carbons (Fsp3) is 0.381. The smallest absolute Gasteiger partial charge is 0.321 e. The van der Waals surface area contributed by atoms with Crippen molar-refractivity contribution in [2.24, 2.45) is 0 Å². The molecule has 0 radical (unpaired) electrons. The number of anilines is 1. The lowest BCUT2D eigenvalue weighted by molar-refractivity contribution is -0.124. The monoisotopic (exact) mass is 428 g/mol. The molecule has 3 N–H and O–H groups in total. The second-order valence-electron chi connectivity index (χ2n) is 7.09. The third-order valence-electron chi connectivity index (χ3n) is 5.09. The molecule has 4 rings (SSSR count). The first-order chi connectivity index (χ1) is 14.6. The summed E-state index contributed by atoms with van der Waals surface area (Å²) in [5, 5.41) is 10.7. The van der Waals surface area contributed by atoms with Crippen LogP contribution in [0.3, 0.4) is 0 Å². The lowest BCUT2D eigenvalue weighted by atomic mass is 9.99. The molecule has 2 aliphatic rings. The van der Waals surface area contributed by atoms with E-state index in [4.69, 9.17) is 9.47 Å². The molecular formula is C21H24N4O4S. The predicted molar refractivity (Wildman–Crippen MR) is 116 cm³/mol. The first kappa shape index (κ1) is 20.4. The van der Waals surface area contributed by atoms with Gasteiger partial charge in [-0.1, -0.05) is 18.2 Å². The van der Waals surface area contributed by atoms with E-state index in [2.05, 4.69) is 27.0 Å². The first-order valence-corrected chi connectivity index (χ1v) is 10.8. The van der Waals surface area contributed by atoms with Crippen LogP contribution in [0.4, 0.5) is 10.6 Å². The Hall–Kier alpha value is -2.91. The van der Waals surface area contributed by atoms with Crippen LogP contribution in [-0.2, 0) is 9.53 Å². The number of urea groups is 1. The highest BCUT2D eigenvalue weighted by Crippen LogP contribution is 2.35. The van der Waals surface area contributed by atoms with Crippen LogP contribution in [0.1, 0.15) is 24.8 Å². The van der Waals surface area contributed by atoms with Crippen LogP contribution in [0.2, 0.25) is 0 Å². The Balaban J connectivity index is 1.45. The Bertz CT molecular complexity index is 972. The molecule has 0 spiro atoms. The predicted octanol–water partition coefficient (Wildman–Crippen LogP) is 3.02. The third-order valence-corrected chi connectivity index (χ3v) is 5.99. The number of thiazole rings is 1. The van der Waals surface area contributed by atoms with Crippen molar-refractivity contribution >= 4 is 34.7 Å². The van der Waals surface area contributed by atoms with Crippen LogP contribution in [0.25, 0.3) is 16.1 Å². The number of ether oxygens (including phenoxy) is 2. The van der Waals surface area contributed by atoms with Gasteiger partial charge in [-0.25, -0.2) is 9.78 Å². The number of hydrogen-bond acceptors (Lipinski definition) is 6. The molecule has 0 unspecified atom stereocenters. The lowest BCUT2D eigenvalue weighted by Crippen LogP contribution is -2.51. The number of aromatic nitrogens is 1. The molecule has 1 fully saturated rings. The van der Waals surface area contributed by atoms with Crippen LogP contribution in [0.15, 0.2) is 29.7 Å². The zero-order chi connectivity index (χ0) is 20.9. The average molecular weight is 429 g/mol. The topological polar surface area (TPSA) is 102 Å². The summed E-state index contributed by atoms with van der Waals surface area (Å²) in [6.45, 7) is 1.98. The number of nitrogens with zero attached hydrogens (tertiary/aromatic N) is 1. The molecule has 0 bridgehead atoms. The summed E-state index contributed by atoms with van der Waals surface area (Å²) in [5.41, 5.74) is 3.19. The van der Waals surface area contributed by atoms with Gasteiger partial charge in [0.25, 0.3) is 0 Å². The van der Waals surface area contributed by atoms with Gasteiger partial charge in [0, 0.05) is 23.1 Å². The Labute approximate surface area is 178 Å². The quantitative estimate of drug-likeness (QED) is 0.680. The number of rotatable bonds is 5. The van der Waals surface area contributed by atoms with E-state index in [0.717, 1.165) is 34.7 Å². The first-order valence-electron chi connectivity index (χ1n) is 9.90. The number of carbonyl (C=O) groups is 2. The largest absolute Gasteiger partial charge is 0.496 e. The summed E-state index contributed by atoms with van der Waals surface area (Å²) in [5.74, 6) is 1.08. The van der Waals surface area contributed by atoms with Crippen molar-refractivity contribution in [3.05, 3.63) is 35.2 Å². The second-order valence-corrected chi connectivity index (χ2v) is 7.95. The molecule has 3 amide bonds. The average Bonchev–Trinajstić information content (AvgIpc) is 3.24. The summed E-state index contributed by atoms with van der Waals surface area (Å²) < 4.78 is 11.0. The highest BCUT2D eigenvalue weighted by molar-refractivity contribution is 7.13. The Morgan fingerprint density at radius 3 is 3.07 bits per heavy atom. The van der Waals surface area contributed by atoms with Crippen molar-refractivity contribution in [2.45, 2.75) is 25.3 Å². The molecule has 9 heteroatoms. The van der Waals surface area contributed by atoms with Crippen molar-refractivity contribution in [1.82, 2.24) is 15.6 Å². The van der Waals surface area contributed by atoms with Crippen molar-refractivity contribution in [2.75, 3.05) is 32.2 Å². The number of benzene rings is 1. The van der Waals surface area contributed by atoms with Gasteiger partial charge in [0.05, 0.1) is 20.3 Å². The number of carbonyl (C=O) groups excluding carboxylic acids is 2. The fourth-order valence-corrected chi connectivity index (χ4v) is 4.29. The number of methoxy groups -OCH3 is 1. The van der Waals surface area contributed by atoms with E-state index in [9.17, 15) is 9.59 Å². The molecule has 158 valence electrons. The molecule has 1 saturated heterocycles. The summed E-state index contributed by atoms with van der Waals surface area (Å²) >= 11 is 1.43. The van der Waals surface area contributed by atoms with Crippen LogP contribution in [0, 0.1) is 0 Å². The molecule has 0 aliphatic carbocycles. The standard InChI is InChI=1S/C21H24N4O4S/c1-28-17-11-14(4-5-15(17)13-6-9-29-10-7-13)20-24-18(12-30-20)25-21(27)23-16-3-2-8-22-19(16)26/h4-6,11-12,16H,2-3,7-10H2,1H3,(H,22,26)(H2,23,25,27)/t16-/m0/s1. The van der Waals surface area contributed by atoms with Crippen LogP contribution in [-0.4, -0.2) is 49.8 Å². The molecule has 1 aromatic carbocycles. The summed E-state index contributed by atoms with van der Waals surface area (Å²) in [6.07, 6.45) is 4.42. The van der Waals surface area contributed by atoms with Gasteiger partial charge in [0.2, 0.25) is 5.91 Å². The number of amides is 3. The fourth-order valence-electron chi connectivity index (χ4n) is 3.55. The van der Waals surface area contributed by atoms with Crippen molar-refractivity contribution < 1.29 is 19.1 Å². The number of piperidine rings is 1. The highest BCUT2D eigenvalue weighted by atomic mass is 32.1. The maximum Gasteiger partial charge on any atom is 0.321 e. The number of nitrogens with one attached hydrogen (secondary N) is 3. The molecule has 2 aromatic rings. The second kappa shape index (κ2) is 9.27. The van der Waals surface area contributed by atoms with Crippen LogP contribution in [0.5, 0.6) is 5.75 Å². The van der Waals surface area contributed by atoms with Crippen LogP contribution < -0.4 is 20.7 Å². The molecule has 8 nitrogen and oxygen atoms in total. The minimum atomic E-state index is -0.506. The van der Waals surface area contributed by atoms with E-state index >= 15 is 0 Å². The lowest BCUT2D eigenvalue weighted by Gasteiger charge is -2.22. The SMILES string of the molecule is COc1cc(-c2nc(NC(=O)N[C@H]3CCCNC3=O)cs2)ccc1C1=CCOCC1. The number of hydrogen-bond donors (Lipinski definition) is 3. The van der Waals surface area contributed by atoms with Gasteiger partial charge >= 0.3 is 6.03 Å². The van der Waals surface area contributed by atoms with Crippen molar-refractivity contribution in [1.29, 1.82) is 0 Å². The molecule has 1 atom stereocenters. The van der Waals surface area contributed by atoms with E-state index in [1.54, 1.807) is 12.5 Å². The van der Waals surface area contributed by atoms with E-state index in [0.29, 0.717) is 32.0 Å². The van der Waals surface area contributed by atoms with Gasteiger partial charge in [0.1, 0.15) is 22.6 Å². The van der Waals surface area contributed by atoms with E-state index in [1.165, 1.54) is 16.9 Å². The van der Waals surface area contributed by atoms with Gasteiger partial charge in [-0.15, -0.1) is 11.3 Å². The van der Waals surface area contributed by atoms with Crippen molar-refractivity contribution in [3.63, 3.8) is 0 Å². The minimum absolute atomic E-state index is 0.151. The van der Waals surface area contributed by atoms with Gasteiger partial charge in [0.15, 0.2) is 0 Å². The maximum atomic E-state index is 12.2. The normalized spacial score (nSPS) is 18.9. The maximum absolute atomic E-state index is 12.2. The Morgan fingerprint density at radius 2 is 2.30 bits per heavy atom. The molecule has 30 heavy (non-hydrogen) atoms. The summed E-state index contributed by atoms with van der Waals surface area (Å²) in [7, 11) is 1.66. The Kier molecular flexibility index (Phi) is 6.29. The third kappa shape index (κ3) is 4.63. The van der Waals surface area contributed by atoms with Gasteiger partial charge in [-0.2, -0.15) is 0 Å².